The first-order chi connectivity index (χ1) is 6.26. The molecule has 72 valence electrons. The summed E-state index contributed by atoms with van der Waals surface area (Å²) in [5.41, 5.74) is 6.61. The van der Waals surface area contributed by atoms with E-state index in [4.69, 9.17) is 15.6 Å². The second-order valence-corrected chi connectivity index (χ2v) is 2.85. The molecule has 3 N–H and O–H groups in total. The fourth-order valence-electron chi connectivity index (χ4n) is 1.06. The molecule has 0 radical (unpaired) electrons. The van der Waals surface area contributed by atoms with E-state index in [0.717, 1.165) is 5.56 Å². The number of nitrogens with zero attached hydrogens (tertiary/aromatic N) is 1. The van der Waals surface area contributed by atoms with E-state index in [0.29, 0.717) is 12.3 Å². The highest BCUT2D eigenvalue weighted by molar-refractivity contribution is 5.21. The van der Waals surface area contributed by atoms with Crippen LogP contribution in [0.1, 0.15) is 5.56 Å². The normalized spacial score (nSPS) is 12.5. The summed E-state index contributed by atoms with van der Waals surface area (Å²) in [6.07, 6.45) is 2.30. The fourth-order valence-corrected chi connectivity index (χ4v) is 1.06. The van der Waals surface area contributed by atoms with Crippen molar-refractivity contribution in [2.45, 2.75) is 12.5 Å². The Kier molecular flexibility index (Phi) is 3.67. The van der Waals surface area contributed by atoms with Crippen LogP contribution in [-0.4, -0.2) is 29.8 Å². The van der Waals surface area contributed by atoms with Crippen LogP contribution in [-0.2, 0) is 6.42 Å². The molecule has 4 nitrogen and oxygen atoms in total. The van der Waals surface area contributed by atoms with Crippen molar-refractivity contribution >= 4 is 0 Å². The number of aromatic nitrogens is 1. The minimum atomic E-state index is -0.216. The number of hydrogen-bond acceptors (Lipinski definition) is 4. The van der Waals surface area contributed by atoms with Gasteiger partial charge in [0.05, 0.1) is 13.7 Å². The monoisotopic (exact) mass is 182 g/mol. The highest BCUT2D eigenvalue weighted by atomic mass is 16.5. The Morgan fingerprint density at radius 3 is 3.08 bits per heavy atom. The van der Waals surface area contributed by atoms with Gasteiger partial charge in [-0.15, -0.1) is 0 Å². The van der Waals surface area contributed by atoms with Gasteiger partial charge in [0.25, 0.3) is 0 Å². The maximum atomic E-state index is 8.75. The van der Waals surface area contributed by atoms with Crippen LogP contribution in [0.4, 0.5) is 0 Å². The molecule has 0 amide bonds. The lowest BCUT2D eigenvalue weighted by molar-refractivity contribution is 0.265. The van der Waals surface area contributed by atoms with Crippen LogP contribution in [0.5, 0.6) is 5.88 Å². The Balaban J connectivity index is 2.66. The smallest absolute Gasteiger partial charge is 0.213 e. The topological polar surface area (TPSA) is 68.4 Å². The van der Waals surface area contributed by atoms with Gasteiger partial charge in [0.15, 0.2) is 0 Å². The van der Waals surface area contributed by atoms with Gasteiger partial charge in [-0.25, -0.2) is 4.98 Å². The summed E-state index contributed by atoms with van der Waals surface area (Å²) in [5.74, 6) is 0.572. The first-order valence-corrected chi connectivity index (χ1v) is 4.11. The Morgan fingerprint density at radius 1 is 1.69 bits per heavy atom. The molecule has 1 atom stereocenters. The number of methoxy groups -OCH3 is 1. The van der Waals surface area contributed by atoms with Crippen molar-refractivity contribution in [1.29, 1.82) is 0 Å². The molecule has 13 heavy (non-hydrogen) atoms. The van der Waals surface area contributed by atoms with Crippen LogP contribution in [0.25, 0.3) is 0 Å². The summed E-state index contributed by atoms with van der Waals surface area (Å²) in [7, 11) is 1.57. The van der Waals surface area contributed by atoms with Gasteiger partial charge in [0, 0.05) is 18.3 Å². The van der Waals surface area contributed by atoms with Gasteiger partial charge in [0.2, 0.25) is 5.88 Å². The van der Waals surface area contributed by atoms with Crippen molar-refractivity contribution in [3.8, 4) is 5.88 Å². The van der Waals surface area contributed by atoms with E-state index < -0.39 is 0 Å². The minimum Gasteiger partial charge on any atom is -0.481 e. The van der Waals surface area contributed by atoms with Gasteiger partial charge in [-0.2, -0.15) is 0 Å². The van der Waals surface area contributed by atoms with Gasteiger partial charge in [-0.3, -0.25) is 0 Å². The van der Waals surface area contributed by atoms with Crippen LogP contribution in [0.2, 0.25) is 0 Å². The van der Waals surface area contributed by atoms with E-state index in [1.807, 2.05) is 12.1 Å². The molecule has 1 aromatic rings. The lowest BCUT2D eigenvalue weighted by atomic mass is 10.1. The van der Waals surface area contributed by atoms with Gasteiger partial charge >= 0.3 is 0 Å². The Bertz CT molecular complexity index is 266. The Morgan fingerprint density at radius 2 is 2.46 bits per heavy atom. The van der Waals surface area contributed by atoms with E-state index in [1.165, 1.54) is 0 Å². The van der Waals surface area contributed by atoms with Crippen LogP contribution >= 0.6 is 0 Å². The largest absolute Gasteiger partial charge is 0.481 e. The molecule has 0 saturated heterocycles. The first kappa shape index (κ1) is 9.95. The Hall–Kier alpha value is -1.13. The molecule has 0 aliphatic heterocycles. The molecule has 0 unspecified atom stereocenters. The summed E-state index contributed by atoms with van der Waals surface area (Å²) in [4.78, 5) is 3.97. The number of pyridine rings is 1. The molecule has 0 aliphatic carbocycles. The second kappa shape index (κ2) is 4.79. The lowest BCUT2D eigenvalue weighted by Crippen LogP contribution is -2.26. The van der Waals surface area contributed by atoms with Crippen LogP contribution in [0.3, 0.4) is 0 Å². The predicted molar refractivity (Wildman–Crippen MR) is 49.6 cm³/mol. The van der Waals surface area contributed by atoms with Crippen molar-refractivity contribution in [3.05, 3.63) is 23.9 Å². The third-order valence-corrected chi connectivity index (χ3v) is 1.74. The average Bonchev–Trinajstić information content (AvgIpc) is 2.18. The van der Waals surface area contributed by atoms with Crippen molar-refractivity contribution in [1.82, 2.24) is 4.98 Å². The molecule has 1 heterocycles. The van der Waals surface area contributed by atoms with E-state index in [2.05, 4.69) is 4.98 Å². The highest BCUT2D eigenvalue weighted by Crippen LogP contribution is 2.09. The zero-order valence-electron chi connectivity index (χ0n) is 7.60. The SMILES string of the molecule is COc1cc(C[C@H](N)CO)ccn1. The summed E-state index contributed by atoms with van der Waals surface area (Å²) < 4.78 is 4.96. The number of aliphatic hydroxyl groups is 1. The number of nitrogens with two attached hydrogens (primary N) is 1. The molecular formula is C9H14N2O2. The highest BCUT2D eigenvalue weighted by Gasteiger charge is 2.03. The second-order valence-electron chi connectivity index (χ2n) is 2.85. The average molecular weight is 182 g/mol. The van der Waals surface area contributed by atoms with Crippen molar-refractivity contribution in [3.63, 3.8) is 0 Å². The molecule has 1 rings (SSSR count). The van der Waals surface area contributed by atoms with Crippen molar-refractivity contribution in [2.24, 2.45) is 5.73 Å². The third-order valence-electron chi connectivity index (χ3n) is 1.74. The van der Waals surface area contributed by atoms with Crippen LogP contribution in [0.15, 0.2) is 18.3 Å². The predicted octanol–water partition coefficient (Wildman–Crippen LogP) is -0.0477. The van der Waals surface area contributed by atoms with Crippen LogP contribution < -0.4 is 10.5 Å². The van der Waals surface area contributed by atoms with E-state index in [9.17, 15) is 0 Å². The molecule has 0 aromatic carbocycles. The fraction of sp³-hybridized carbons (Fsp3) is 0.444. The molecule has 0 fully saturated rings. The van der Waals surface area contributed by atoms with Gasteiger partial charge in [0.1, 0.15) is 0 Å². The zero-order valence-corrected chi connectivity index (χ0v) is 7.60. The Labute approximate surface area is 77.4 Å². The number of rotatable bonds is 4. The van der Waals surface area contributed by atoms with Gasteiger partial charge < -0.3 is 15.6 Å². The number of ether oxygens (including phenoxy) is 1. The van der Waals surface area contributed by atoms with E-state index in [1.54, 1.807) is 13.3 Å². The summed E-state index contributed by atoms with van der Waals surface area (Å²) in [6.45, 7) is -0.00929. The van der Waals surface area contributed by atoms with E-state index >= 15 is 0 Å². The summed E-state index contributed by atoms with van der Waals surface area (Å²) in [5, 5.41) is 8.75. The maximum absolute atomic E-state index is 8.75. The lowest BCUT2D eigenvalue weighted by Gasteiger charge is -2.08. The molecule has 0 saturated carbocycles. The maximum Gasteiger partial charge on any atom is 0.213 e. The minimum absolute atomic E-state index is 0.00929. The third kappa shape index (κ3) is 3.01. The molecular weight excluding hydrogens is 168 g/mol. The molecule has 1 aromatic heterocycles. The van der Waals surface area contributed by atoms with E-state index in [-0.39, 0.29) is 12.6 Å². The number of aliphatic hydroxyl groups excluding tert-OH is 1. The summed E-state index contributed by atoms with van der Waals surface area (Å²) >= 11 is 0. The summed E-state index contributed by atoms with van der Waals surface area (Å²) in [6, 6.07) is 3.46. The molecule has 0 bridgehead atoms. The first-order valence-electron chi connectivity index (χ1n) is 4.11. The molecule has 4 heteroatoms. The van der Waals surface area contributed by atoms with Gasteiger partial charge in [-0.1, -0.05) is 0 Å². The molecule has 0 spiro atoms. The van der Waals surface area contributed by atoms with Crippen molar-refractivity contribution < 1.29 is 9.84 Å². The van der Waals surface area contributed by atoms with Gasteiger partial charge in [-0.05, 0) is 18.1 Å². The number of hydrogen-bond donors (Lipinski definition) is 2. The van der Waals surface area contributed by atoms with Crippen molar-refractivity contribution in [2.75, 3.05) is 13.7 Å². The zero-order chi connectivity index (χ0) is 9.68. The quantitative estimate of drug-likeness (QED) is 0.685. The van der Waals surface area contributed by atoms with Crippen LogP contribution in [0, 0.1) is 0 Å². The standard InChI is InChI=1S/C9H14N2O2/c1-13-9-5-7(2-3-11-9)4-8(10)6-12/h2-3,5,8,12H,4,6,10H2,1H3/t8-/m0/s1. The molecule has 0 aliphatic rings.